The normalized spacial score (nSPS) is 11.8. The molecule has 0 N–H and O–H groups in total. The van der Waals surface area contributed by atoms with Crippen LogP contribution in [0.4, 0.5) is 0 Å². The van der Waals surface area contributed by atoms with Crippen molar-refractivity contribution in [3.63, 3.8) is 0 Å². The molecular formula is C48H44O2P2. The lowest BCUT2D eigenvalue weighted by molar-refractivity contribution is 0.615. The summed E-state index contributed by atoms with van der Waals surface area (Å²) >= 11 is 0. The molecule has 0 aliphatic rings. The van der Waals surface area contributed by atoms with Crippen LogP contribution >= 0.6 is 15.8 Å². The molecule has 6 aromatic carbocycles. The maximum Gasteiger partial charge on any atom is 0.134 e. The highest BCUT2D eigenvalue weighted by Gasteiger charge is 2.30. The van der Waals surface area contributed by atoms with E-state index >= 15 is 0 Å². The van der Waals surface area contributed by atoms with Gasteiger partial charge < -0.3 is 8.83 Å². The Hall–Kier alpha value is -4.74. The van der Waals surface area contributed by atoms with Gasteiger partial charge in [-0.05, 0) is 139 Å². The Morgan fingerprint density at radius 2 is 0.596 bits per heavy atom. The van der Waals surface area contributed by atoms with E-state index in [4.69, 9.17) is 8.83 Å². The smallest absolute Gasteiger partial charge is 0.134 e. The number of fused-ring (bicyclic) bond motifs is 2. The van der Waals surface area contributed by atoms with Crippen molar-refractivity contribution in [2.45, 2.75) is 55.4 Å². The summed E-state index contributed by atoms with van der Waals surface area (Å²) < 4.78 is 12.4. The summed E-state index contributed by atoms with van der Waals surface area (Å²) in [6.07, 6.45) is 3.69. The van der Waals surface area contributed by atoms with Crippen LogP contribution in [0.1, 0.15) is 44.5 Å². The third-order valence-corrected chi connectivity index (χ3v) is 14.6. The van der Waals surface area contributed by atoms with E-state index in [1.165, 1.54) is 87.5 Å². The van der Waals surface area contributed by atoms with Gasteiger partial charge in [-0.25, -0.2) is 0 Å². The van der Waals surface area contributed by atoms with Crippen LogP contribution in [0.25, 0.3) is 33.1 Å². The van der Waals surface area contributed by atoms with Crippen LogP contribution in [0.2, 0.25) is 0 Å². The highest BCUT2D eigenvalue weighted by atomic mass is 31.1. The van der Waals surface area contributed by atoms with Gasteiger partial charge in [0, 0.05) is 21.9 Å². The fraction of sp³-hybridized carbons (Fsp3) is 0.167. The molecule has 0 aliphatic heterocycles. The quantitative estimate of drug-likeness (QED) is 0.154. The minimum atomic E-state index is -0.976. The van der Waals surface area contributed by atoms with Crippen molar-refractivity contribution in [1.82, 2.24) is 0 Å². The van der Waals surface area contributed by atoms with Gasteiger partial charge in [-0.3, -0.25) is 0 Å². The summed E-state index contributed by atoms with van der Waals surface area (Å²) in [6, 6.07) is 41.7. The predicted octanol–water partition coefficient (Wildman–Crippen LogP) is 10.8. The molecule has 0 saturated heterocycles. The minimum absolute atomic E-state index is 0.892. The number of hydrogen-bond donors (Lipinski definition) is 0. The predicted molar refractivity (Wildman–Crippen MR) is 227 cm³/mol. The summed E-state index contributed by atoms with van der Waals surface area (Å²) in [7, 11) is -1.95. The zero-order valence-electron chi connectivity index (χ0n) is 31.3. The SMILES string of the molecule is Cc1cc(C)cc(P(c2cc(C)cc(C)c2)c2ccc3occc3c2-c2c(P(c3cc(C)cc(C)c3)c3cc(C)cc(C)c3)ccc3occc23)c1. The van der Waals surface area contributed by atoms with Gasteiger partial charge in [-0.1, -0.05) is 117 Å². The molecule has 2 aromatic heterocycles. The topological polar surface area (TPSA) is 26.3 Å². The lowest BCUT2D eigenvalue weighted by atomic mass is 9.98. The molecule has 0 radical (unpaired) electrons. The third kappa shape index (κ3) is 6.45. The molecule has 2 nitrogen and oxygen atoms in total. The van der Waals surface area contributed by atoms with Crippen LogP contribution in [0.3, 0.4) is 0 Å². The minimum Gasteiger partial charge on any atom is -0.464 e. The van der Waals surface area contributed by atoms with Gasteiger partial charge in [0.2, 0.25) is 0 Å². The second kappa shape index (κ2) is 13.7. The molecule has 0 bridgehead atoms. The van der Waals surface area contributed by atoms with Crippen molar-refractivity contribution in [2.75, 3.05) is 0 Å². The van der Waals surface area contributed by atoms with Crippen LogP contribution in [0, 0.1) is 55.4 Å². The Bertz CT molecular complexity index is 2270. The van der Waals surface area contributed by atoms with E-state index in [9.17, 15) is 0 Å². The molecule has 0 unspecified atom stereocenters. The van der Waals surface area contributed by atoms with Crippen molar-refractivity contribution in [2.24, 2.45) is 0 Å². The molecule has 0 aliphatic carbocycles. The van der Waals surface area contributed by atoms with Crippen LogP contribution < -0.4 is 31.8 Å². The van der Waals surface area contributed by atoms with Crippen LogP contribution in [-0.2, 0) is 0 Å². The Kier molecular flexibility index (Phi) is 9.03. The van der Waals surface area contributed by atoms with Crippen molar-refractivity contribution in [1.29, 1.82) is 0 Å². The fourth-order valence-corrected chi connectivity index (χ4v) is 13.9. The zero-order chi connectivity index (χ0) is 36.3. The van der Waals surface area contributed by atoms with Crippen LogP contribution in [-0.4, -0.2) is 0 Å². The number of rotatable bonds is 7. The van der Waals surface area contributed by atoms with E-state index in [1.54, 1.807) is 0 Å². The zero-order valence-corrected chi connectivity index (χ0v) is 33.0. The molecule has 0 atom stereocenters. The van der Waals surface area contributed by atoms with Crippen molar-refractivity contribution >= 4 is 69.6 Å². The standard InChI is InChI=1S/C48H44O2P2/c1-29-17-30(2)22-37(21-29)51(38-23-31(3)18-32(4)24-38)45-11-9-43-41(13-15-49-43)47(45)48-42-14-16-50-44(42)10-12-46(48)52(39-25-33(5)19-34(6)26-39)40-27-35(7)20-36(8)28-40/h9-28H,1-8H3. The second-order valence-electron chi connectivity index (χ2n) is 14.6. The summed E-state index contributed by atoms with van der Waals surface area (Å²) in [5.74, 6) is 0. The first kappa shape index (κ1) is 34.4. The highest BCUT2D eigenvalue weighted by Crippen LogP contribution is 2.46. The van der Waals surface area contributed by atoms with Crippen molar-refractivity contribution in [3.8, 4) is 11.1 Å². The molecular weight excluding hydrogens is 670 g/mol. The molecule has 258 valence electrons. The Morgan fingerprint density at radius 1 is 0.327 bits per heavy atom. The van der Waals surface area contributed by atoms with Gasteiger partial charge in [-0.2, -0.15) is 0 Å². The highest BCUT2D eigenvalue weighted by molar-refractivity contribution is 7.81. The first-order valence-electron chi connectivity index (χ1n) is 18.0. The summed E-state index contributed by atoms with van der Waals surface area (Å²) in [4.78, 5) is 0. The van der Waals surface area contributed by atoms with Crippen LogP contribution in [0.15, 0.2) is 131 Å². The number of benzene rings is 6. The summed E-state index contributed by atoms with van der Waals surface area (Å²) in [5.41, 5.74) is 14.5. The molecule has 8 aromatic rings. The molecule has 0 spiro atoms. The van der Waals surface area contributed by atoms with Crippen molar-refractivity contribution < 1.29 is 8.83 Å². The molecule has 0 saturated carbocycles. The van der Waals surface area contributed by atoms with E-state index < -0.39 is 15.8 Å². The van der Waals surface area contributed by atoms with E-state index in [1.807, 2.05) is 12.5 Å². The number of furan rings is 2. The molecule has 8 rings (SSSR count). The first-order chi connectivity index (χ1) is 25.0. The van der Waals surface area contributed by atoms with Crippen molar-refractivity contribution in [3.05, 3.63) is 166 Å². The van der Waals surface area contributed by atoms with E-state index in [0.717, 1.165) is 21.9 Å². The van der Waals surface area contributed by atoms with E-state index in [0.29, 0.717) is 0 Å². The summed E-state index contributed by atoms with van der Waals surface area (Å²) in [6.45, 7) is 17.8. The molecule has 52 heavy (non-hydrogen) atoms. The Morgan fingerprint density at radius 3 is 0.865 bits per heavy atom. The average molecular weight is 715 g/mol. The lowest BCUT2D eigenvalue weighted by Crippen LogP contribution is -2.27. The van der Waals surface area contributed by atoms with Gasteiger partial charge in [0.25, 0.3) is 0 Å². The van der Waals surface area contributed by atoms with Gasteiger partial charge in [0.05, 0.1) is 12.5 Å². The Balaban J connectivity index is 1.53. The molecule has 4 heteroatoms. The number of aryl methyl sites for hydroxylation is 8. The van der Waals surface area contributed by atoms with E-state index in [2.05, 4.69) is 165 Å². The molecule has 0 fully saturated rings. The van der Waals surface area contributed by atoms with E-state index in [-0.39, 0.29) is 0 Å². The average Bonchev–Trinajstić information content (AvgIpc) is 3.74. The third-order valence-electron chi connectivity index (χ3n) is 9.82. The van der Waals surface area contributed by atoms with Gasteiger partial charge in [0.15, 0.2) is 0 Å². The van der Waals surface area contributed by atoms with Gasteiger partial charge in [-0.15, -0.1) is 0 Å². The monoisotopic (exact) mass is 714 g/mol. The maximum absolute atomic E-state index is 6.22. The van der Waals surface area contributed by atoms with Crippen LogP contribution in [0.5, 0.6) is 0 Å². The summed E-state index contributed by atoms with van der Waals surface area (Å²) in [5, 5.41) is 10.3. The molecule has 0 amide bonds. The fourth-order valence-electron chi connectivity index (χ4n) is 8.14. The largest absolute Gasteiger partial charge is 0.464 e. The number of hydrogen-bond acceptors (Lipinski definition) is 2. The lowest BCUT2D eigenvalue weighted by Gasteiger charge is -2.28. The first-order valence-corrected chi connectivity index (χ1v) is 20.6. The second-order valence-corrected chi connectivity index (χ2v) is 19.0. The maximum atomic E-state index is 6.22. The molecule has 2 heterocycles. The van der Waals surface area contributed by atoms with Gasteiger partial charge in [0.1, 0.15) is 11.2 Å². The van der Waals surface area contributed by atoms with Gasteiger partial charge >= 0.3 is 0 Å². The Labute approximate surface area is 310 Å².